The Hall–Kier alpha value is -0.540. The minimum absolute atomic E-state index is 0.201. The lowest BCUT2D eigenvalue weighted by Crippen LogP contribution is -2.39. The molecule has 1 aromatic carbocycles. The molecular formula is C17H27BrN2. The summed E-state index contributed by atoms with van der Waals surface area (Å²) in [6, 6.07) is 7.45. The number of benzene rings is 1. The number of anilines is 1. The predicted molar refractivity (Wildman–Crippen MR) is 91.3 cm³/mol. The van der Waals surface area contributed by atoms with Gasteiger partial charge in [-0.25, -0.2) is 0 Å². The van der Waals surface area contributed by atoms with E-state index < -0.39 is 0 Å². The summed E-state index contributed by atoms with van der Waals surface area (Å²) in [4.78, 5) is 2.49. The van der Waals surface area contributed by atoms with Crippen molar-refractivity contribution >= 4 is 21.6 Å². The molecule has 2 N–H and O–H groups in total. The van der Waals surface area contributed by atoms with Crippen LogP contribution in [0.3, 0.4) is 0 Å². The van der Waals surface area contributed by atoms with E-state index in [4.69, 9.17) is 5.73 Å². The van der Waals surface area contributed by atoms with Gasteiger partial charge in [0.05, 0.1) is 0 Å². The zero-order valence-electron chi connectivity index (χ0n) is 12.9. The van der Waals surface area contributed by atoms with Crippen molar-refractivity contribution in [2.24, 2.45) is 11.7 Å². The fourth-order valence-corrected chi connectivity index (χ4v) is 3.78. The van der Waals surface area contributed by atoms with Gasteiger partial charge in [0, 0.05) is 29.3 Å². The molecule has 1 aromatic rings. The Bertz CT molecular complexity index is 445. The van der Waals surface area contributed by atoms with E-state index in [2.05, 4.69) is 59.9 Å². The summed E-state index contributed by atoms with van der Waals surface area (Å²) < 4.78 is 1.15. The number of hydrogen-bond donors (Lipinski definition) is 1. The van der Waals surface area contributed by atoms with Gasteiger partial charge in [-0.3, -0.25) is 0 Å². The van der Waals surface area contributed by atoms with Crippen LogP contribution in [0.1, 0.15) is 45.1 Å². The third kappa shape index (κ3) is 3.76. The monoisotopic (exact) mass is 338 g/mol. The van der Waals surface area contributed by atoms with Gasteiger partial charge < -0.3 is 10.6 Å². The van der Waals surface area contributed by atoms with Crippen LogP contribution >= 0.6 is 15.9 Å². The smallest absolute Gasteiger partial charge is 0.0410 e. The number of nitrogens with zero attached hydrogens (tertiary/aromatic N) is 1. The Labute approximate surface area is 131 Å². The summed E-state index contributed by atoms with van der Waals surface area (Å²) in [7, 11) is 2.25. The lowest BCUT2D eigenvalue weighted by Gasteiger charge is -2.38. The molecule has 0 saturated heterocycles. The van der Waals surface area contributed by atoms with Gasteiger partial charge >= 0.3 is 0 Å². The highest BCUT2D eigenvalue weighted by Crippen LogP contribution is 2.33. The number of nitrogens with two attached hydrogens (primary N) is 1. The van der Waals surface area contributed by atoms with Crippen LogP contribution in [0.4, 0.5) is 5.69 Å². The normalized spacial score (nSPS) is 24.4. The molecule has 3 heteroatoms. The van der Waals surface area contributed by atoms with E-state index in [9.17, 15) is 0 Å². The zero-order chi connectivity index (χ0) is 14.7. The summed E-state index contributed by atoms with van der Waals surface area (Å²) >= 11 is 3.61. The van der Waals surface area contributed by atoms with Crippen LogP contribution in [-0.4, -0.2) is 19.1 Å². The molecule has 1 aliphatic carbocycles. The van der Waals surface area contributed by atoms with Gasteiger partial charge in [-0.2, -0.15) is 0 Å². The molecular weight excluding hydrogens is 312 g/mol. The molecule has 20 heavy (non-hydrogen) atoms. The first kappa shape index (κ1) is 15.8. The van der Waals surface area contributed by atoms with E-state index in [1.54, 1.807) is 0 Å². The molecule has 112 valence electrons. The molecule has 1 saturated carbocycles. The van der Waals surface area contributed by atoms with Gasteiger partial charge in [0.1, 0.15) is 0 Å². The molecule has 3 atom stereocenters. The van der Waals surface area contributed by atoms with E-state index >= 15 is 0 Å². The van der Waals surface area contributed by atoms with Crippen molar-refractivity contribution in [2.75, 3.05) is 11.9 Å². The molecule has 1 aliphatic rings. The van der Waals surface area contributed by atoms with Gasteiger partial charge in [0.25, 0.3) is 0 Å². The van der Waals surface area contributed by atoms with Crippen molar-refractivity contribution in [3.05, 3.63) is 28.2 Å². The highest BCUT2D eigenvalue weighted by molar-refractivity contribution is 9.10. The van der Waals surface area contributed by atoms with Crippen LogP contribution in [0, 0.1) is 5.92 Å². The first-order valence-corrected chi connectivity index (χ1v) is 8.55. The first-order valence-electron chi connectivity index (χ1n) is 7.76. The molecule has 3 unspecified atom stereocenters. The highest BCUT2D eigenvalue weighted by atomic mass is 79.9. The lowest BCUT2D eigenvalue weighted by molar-refractivity contribution is 0.321. The SMILES string of the molecule is CC(N)Cc1ccc(Br)cc1N(C)C1CCCCC1C. The summed E-state index contributed by atoms with van der Waals surface area (Å²) in [5, 5.41) is 0. The van der Waals surface area contributed by atoms with Crippen molar-refractivity contribution in [1.82, 2.24) is 0 Å². The molecule has 2 nitrogen and oxygen atoms in total. The van der Waals surface area contributed by atoms with E-state index in [1.165, 1.54) is 36.9 Å². The first-order chi connectivity index (χ1) is 9.49. The van der Waals surface area contributed by atoms with Gasteiger partial charge in [-0.15, -0.1) is 0 Å². The van der Waals surface area contributed by atoms with Crippen LogP contribution in [0.25, 0.3) is 0 Å². The number of hydrogen-bond acceptors (Lipinski definition) is 2. The predicted octanol–water partition coefficient (Wildman–Crippen LogP) is 4.35. The van der Waals surface area contributed by atoms with Crippen LogP contribution in [0.15, 0.2) is 22.7 Å². The fraction of sp³-hybridized carbons (Fsp3) is 0.647. The Morgan fingerprint density at radius 1 is 1.35 bits per heavy atom. The van der Waals surface area contributed by atoms with Crippen molar-refractivity contribution in [1.29, 1.82) is 0 Å². The Balaban J connectivity index is 2.27. The molecule has 0 amide bonds. The molecule has 0 aromatic heterocycles. The van der Waals surface area contributed by atoms with Gasteiger partial charge in [-0.05, 0) is 49.8 Å². The van der Waals surface area contributed by atoms with Crippen molar-refractivity contribution < 1.29 is 0 Å². The fourth-order valence-electron chi connectivity index (χ4n) is 3.44. The summed E-state index contributed by atoms with van der Waals surface area (Å²) in [5.74, 6) is 0.774. The van der Waals surface area contributed by atoms with Crippen LogP contribution < -0.4 is 10.6 Å². The average molecular weight is 339 g/mol. The van der Waals surface area contributed by atoms with Crippen LogP contribution in [0.2, 0.25) is 0 Å². The molecule has 0 aliphatic heterocycles. The van der Waals surface area contributed by atoms with Gasteiger partial charge in [0.2, 0.25) is 0 Å². The average Bonchev–Trinajstić information content (AvgIpc) is 2.40. The van der Waals surface area contributed by atoms with Crippen molar-refractivity contribution in [3.8, 4) is 0 Å². The Morgan fingerprint density at radius 3 is 2.70 bits per heavy atom. The maximum Gasteiger partial charge on any atom is 0.0410 e. The molecule has 0 spiro atoms. The van der Waals surface area contributed by atoms with E-state index in [-0.39, 0.29) is 6.04 Å². The molecule has 1 fully saturated rings. The second kappa shape index (κ2) is 6.95. The molecule has 0 heterocycles. The molecule has 2 rings (SSSR count). The van der Waals surface area contributed by atoms with Crippen LogP contribution in [-0.2, 0) is 6.42 Å². The second-order valence-corrected chi connectivity index (χ2v) is 7.31. The number of halogens is 1. The van der Waals surface area contributed by atoms with Crippen molar-refractivity contribution in [2.45, 2.75) is 58.0 Å². The van der Waals surface area contributed by atoms with Crippen LogP contribution in [0.5, 0.6) is 0 Å². The van der Waals surface area contributed by atoms with Crippen molar-refractivity contribution in [3.63, 3.8) is 0 Å². The topological polar surface area (TPSA) is 29.3 Å². The molecule has 0 radical (unpaired) electrons. The minimum Gasteiger partial charge on any atom is -0.371 e. The standard InChI is InChI=1S/C17H27BrN2/c1-12-6-4-5-7-16(12)20(3)17-11-15(18)9-8-14(17)10-13(2)19/h8-9,11-13,16H,4-7,10,19H2,1-3H3. The largest absolute Gasteiger partial charge is 0.371 e. The maximum atomic E-state index is 6.01. The second-order valence-electron chi connectivity index (χ2n) is 6.39. The molecule has 0 bridgehead atoms. The summed E-state index contributed by atoms with van der Waals surface area (Å²) in [6.45, 7) is 4.47. The van der Waals surface area contributed by atoms with E-state index in [1.807, 2.05) is 0 Å². The summed E-state index contributed by atoms with van der Waals surface area (Å²) in [5.41, 5.74) is 8.71. The quantitative estimate of drug-likeness (QED) is 0.883. The van der Waals surface area contributed by atoms with E-state index in [0.29, 0.717) is 6.04 Å². The lowest BCUT2D eigenvalue weighted by atomic mass is 9.84. The Morgan fingerprint density at radius 2 is 2.05 bits per heavy atom. The number of rotatable bonds is 4. The zero-order valence-corrected chi connectivity index (χ0v) is 14.5. The summed E-state index contributed by atoms with van der Waals surface area (Å²) in [6.07, 6.45) is 6.34. The van der Waals surface area contributed by atoms with Gasteiger partial charge in [-0.1, -0.05) is 41.8 Å². The highest BCUT2D eigenvalue weighted by Gasteiger charge is 2.26. The third-order valence-corrected chi connectivity index (χ3v) is 5.03. The Kier molecular flexibility index (Phi) is 5.50. The maximum absolute atomic E-state index is 6.01. The minimum atomic E-state index is 0.201. The third-order valence-electron chi connectivity index (χ3n) is 4.53. The van der Waals surface area contributed by atoms with Gasteiger partial charge in [0.15, 0.2) is 0 Å². The van der Waals surface area contributed by atoms with E-state index in [0.717, 1.165) is 16.8 Å².